The summed E-state index contributed by atoms with van der Waals surface area (Å²) in [6.07, 6.45) is 3.36. The molecule has 0 spiro atoms. The second-order valence-corrected chi connectivity index (χ2v) is 7.97. The van der Waals surface area contributed by atoms with E-state index < -0.39 is 0 Å². The second kappa shape index (κ2) is 8.19. The second-order valence-electron chi connectivity index (χ2n) is 7.97. The van der Waals surface area contributed by atoms with Crippen molar-refractivity contribution in [2.45, 2.75) is 32.6 Å². The molecule has 2 aromatic heterocycles. The SMILES string of the molecule is Cc1cc(C)n(C)c(=O)c1C(=O)N1CCC[C@@H](c2ccc(C(=O)N(C)C)cn2)C1. The van der Waals surface area contributed by atoms with E-state index in [2.05, 4.69) is 4.98 Å². The van der Waals surface area contributed by atoms with E-state index in [-0.39, 0.29) is 28.9 Å². The van der Waals surface area contributed by atoms with E-state index in [0.29, 0.717) is 24.2 Å². The topological polar surface area (TPSA) is 75.5 Å². The van der Waals surface area contributed by atoms with E-state index in [0.717, 1.165) is 24.2 Å². The van der Waals surface area contributed by atoms with Gasteiger partial charge in [0.1, 0.15) is 5.56 Å². The number of rotatable bonds is 3. The number of aryl methyl sites for hydroxylation is 2. The average molecular weight is 396 g/mol. The largest absolute Gasteiger partial charge is 0.345 e. The average Bonchev–Trinajstić information content (AvgIpc) is 2.71. The molecule has 1 saturated heterocycles. The molecule has 154 valence electrons. The van der Waals surface area contributed by atoms with Gasteiger partial charge in [0.25, 0.3) is 17.4 Å². The van der Waals surface area contributed by atoms with Gasteiger partial charge in [0.05, 0.1) is 5.56 Å². The molecule has 1 fully saturated rings. The third-order valence-electron chi connectivity index (χ3n) is 5.65. The van der Waals surface area contributed by atoms with E-state index in [9.17, 15) is 14.4 Å². The number of piperidine rings is 1. The fraction of sp³-hybridized carbons (Fsp3) is 0.455. The number of pyridine rings is 2. The van der Waals surface area contributed by atoms with E-state index in [4.69, 9.17) is 0 Å². The Kier molecular flexibility index (Phi) is 5.86. The lowest BCUT2D eigenvalue weighted by atomic mass is 9.93. The number of nitrogens with zero attached hydrogens (tertiary/aromatic N) is 4. The number of aromatic nitrogens is 2. The van der Waals surface area contributed by atoms with Gasteiger partial charge in [0.15, 0.2) is 0 Å². The van der Waals surface area contributed by atoms with E-state index in [1.807, 2.05) is 26.0 Å². The lowest BCUT2D eigenvalue weighted by molar-refractivity contribution is 0.0702. The molecule has 1 aliphatic heterocycles. The van der Waals surface area contributed by atoms with Gasteiger partial charge in [0.2, 0.25) is 0 Å². The molecular weight excluding hydrogens is 368 g/mol. The Labute approximate surface area is 171 Å². The van der Waals surface area contributed by atoms with Crippen molar-refractivity contribution in [1.82, 2.24) is 19.4 Å². The number of likely N-dealkylation sites (tertiary alicyclic amines) is 1. The molecule has 0 aromatic carbocycles. The minimum absolute atomic E-state index is 0.0878. The van der Waals surface area contributed by atoms with Crippen molar-refractivity contribution >= 4 is 11.8 Å². The molecule has 0 saturated carbocycles. The summed E-state index contributed by atoms with van der Waals surface area (Å²) >= 11 is 0. The number of carbonyl (C=O) groups excluding carboxylic acids is 2. The monoisotopic (exact) mass is 396 g/mol. The quantitative estimate of drug-likeness (QED) is 0.796. The van der Waals surface area contributed by atoms with E-state index >= 15 is 0 Å². The molecule has 0 unspecified atom stereocenters. The summed E-state index contributed by atoms with van der Waals surface area (Å²) in [5, 5.41) is 0. The third kappa shape index (κ3) is 4.09. The van der Waals surface area contributed by atoms with Crippen LogP contribution in [0, 0.1) is 13.8 Å². The summed E-state index contributed by atoms with van der Waals surface area (Å²) in [7, 11) is 5.10. The highest BCUT2D eigenvalue weighted by molar-refractivity contribution is 5.95. The Balaban J connectivity index is 1.81. The normalized spacial score (nSPS) is 16.6. The van der Waals surface area contributed by atoms with Gasteiger partial charge in [-0.05, 0) is 50.5 Å². The fourth-order valence-electron chi connectivity index (χ4n) is 3.83. The highest BCUT2D eigenvalue weighted by Gasteiger charge is 2.29. The zero-order chi connectivity index (χ0) is 21.3. The molecule has 0 bridgehead atoms. The molecule has 3 heterocycles. The molecule has 0 N–H and O–H groups in total. The van der Waals surface area contributed by atoms with Gasteiger partial charge in [-0.25, -0.2) is 0 Å². The van der Waals surface area contributed by atoms with Gasteiger partial charge in [-0.15, -0.1) is 0 Å². The Bertz CT molecular complexity index is 992. The van der Waals surface area contributed by atoms with Crippen LogP contribution < -0.4 is 5.56 Å². The third-order valence-corrected chi connectivity index (χ3v) is 5.65. The summed E-state index contributed by atoms with van der Waals surface area (Å²) in [6, 6.07) is 5.52. The summed E-state index contributed by atoms with van der Waals surface area (Å²) in [4.78, 5) is 45.6. The highest BCUT2D eigenvalue weighted by Crippen LogP contribution is 2.27. The molecule has 1 aliphatic rings. The number of hydrogen-bond donors (Lipinski definition) is 0. The zero-order valence-corrected chi connectivity index (χ0v) is 17.7. The molecule has 2 aromatic rings. The smallest absolute Gasteiger partial charge is 0.263 e. The fourth-order valence-corrected chi connectivity index (χ4v) is 3.83. The van der Waals surface area contributed by atoms with Crippen LogP contribution in [0.4, 0.5) is 0 Å². The number of carbonyl (C=O) groups is 2. The standard InChI is InChI=1S/C22H28N4O3/c1-14-11-15(2)25(5)21(28)19(14)22(29)26-10-6-7-17(13-26)18-9-8-16(12-23-18)20(27)24(3)4/h8-9,11-12,17H,6-7,10,13H2,1-5H3/t17-/m1/s1. The van der Waals surface area contributed by atoms with Gasteiger partial charge in [-0.1, -0.05) is 0 Å². The summed E-state index contributed by atoms with van der Waals surface area (Å²) in [5.74, 6) is -0.215. The van der Waals surface area contributed by atoms with Gasteiger partial charge in [-0.3, -0.25) is 19.4 Å². The first-order chi connectivity index (χ1) is 13.7. The maximum absolute atomic E-state index is 13.1. The van der Waals surface area contributed by atoms with Crippen LogP contribution in [0.25, 0.3) is 0 Å². The zero-order valence-electron chi connectivity index (χ0n) is 17.7. The van der Waals surface area contributed by atoms with Crippen molar-refractivity contribution in [2.24, 2.45) is 7.05 Å². The maximum atomic E-state index is 13.1. The number of hydrogen-bond acceptors (Lipinski definition) is 4. The predicted octanol–water partition coefficient (Wildman–Crippen LogP) is 2.12. The minimum atomic E-state index is -0.251. The van der Waals surface area contributed by atoms with Crippen molar-refractivity contribution in [3.8, 4) is 0 Å². The molecule has 0 radical (unpaired) electrons. The van der Waals surface area contributed by atoms with Crippen LogP contribution >= 0.6 is 0 Å². The molecule has 29 heavy (non-hydrogen) atoms. The predicted molar refractivity (Wildman–Crippen MR) is 111 cm³/mol. The highest BCUT2D eigenvalue weighted by atomic mass is 16.2. The summed E-state index contributed by atoms with van der Waals surface area (Å²) in [6.45, 7) is 4.81. The lowest BCUT2D eigenvalue weighted by Gasteiger charge is -2.33. The van der Waals surface area contributed by atoms with Crippen molar-refractivity contribution in [1.29, 1.82) is 0 Å². The van der Waals surface area contributed by atoms with Crippen LogP contribution in [0.5, 0.6) is 0 Å². The van der Waals surface area contributed by atoms with Gasteiger partial charge in [-0.2, -0.15) is 0 Å². The Morgan fingerprint density at radius 1 is 1.21 bits per heavy atom. The van der Waals surface area contributed by atoms with E-state index in [1.165, 1.54) is 9.47 Å². The van der Waals surface area contributed by atoms with Crippen molar-refractivity contribution in [3.63, 3.8) is 0 Å². The Morgan fingerprint density at radius 3 is 2.55 bits per heavy atom. The summed E-state index contributed by atoms with van der Waals surface area (Å²) < 4.78 is 1.52. The first-order valence-corrected chi connectivity index (χ1v) is 9.84. The molecule has 7 nitrogen and oxygen atoms in total. The Morgan fingerprint density at radius 2 is 1.93 bits per heavy atom. The van der Waals surface area contributed by atoms with Gasteiger partial charge >= 0.3 is 0 Å². The minimum Gasteiger partial charge on any atom is -0.345 e. The van der Waals surface area contributed by atoms with Crippen LogP contribution in [0.15, 0.2) is 29.2 Å². The van der Waals surface area contributed by atoms with Crippen LogP contribution in [0.2, 0.25) is 0 Å². The molecule has 7 heteroatoms. The van der Waals surface area contributed by atoms with Gasteiger partial charge in [0, 0.05) is 57.7 Å². The first kappa shape index (κ1) is 20.8. The van der Waals surface area contributed by atoms with Crippen molar-refractivity contribution in [3.05, 3.63) is 62.8 Å². The molecular formula is C22H28N4O3. The van der Waals surface area contributed by atoms with Crippen molar-refractivity contribution < 1.29 is 9.59 Å². The Hall–Kier alpha value is -2.96. The molecule has 3 rings (SSSR count). The van der Waals surface area contributed by atoms with E-state index in [1.54, 1.807) is 38.3 Å². The lowest BCUT2D eigenvalue weighted by Crippen LogP contribution is -2.42. The van der Waals surface area contributed by atoms with Crippen LogP contribution in [-0.4, -0.2) is 58.4 Å². The van der Waals surface area contributed by atoms with Crippen LogP contribution in [0.3, 0.4) is 0 Å². The number of amides is 2. The van der Waals surface area contributed by atoms with Gasteiger partial charge < -0.3 is 14.4 Å². The van der Waals surface area contributed by atoms with Crippen LogP contribution in [0.1, 0.15) is 56.4 Å². The molecule has 0 aliphatic carbocycles. The van der Waals surface area contributed by atoms with Crippen LogP contribution in [-0.2, 0) is 7.05 Å². The molecule has 2 amide bonds. The maximum Gasteiger partial charge on any atom is 0.263 e. The molecule has 1 atom stereocenters. The summed E-state index contributed by atoms with van der Waals surface area (Å²) in [5.41, 5.74) is 2.95. The first-order valence-electron chi connectivity index (χ1n) is 9.84. The van der Waals surface area contributed by atoms with Crippen molar-refractivity contribution in [2.75, 3.05) is 27.2 Å².